The van der Waals surface area contributed by atoms with Crippen LogP contribution in [-0.2, 0) is 9.53 Å². The lowest BCUT2D eigenvalue weighted by molar-refractivity contribution is -0.130. The summed E-state index contributed by atoms with van der Waals surface area (Å²) in [6.45, 7) is 0. The van der Waals surface area contributed by atoms with Gasteiger partial charge in [-0.25, -0.2) is 0 Å². The minimum absolute atomic E-state index is 0.131. The molecule has 0 radical (unpaired) electrons. The van der Waals surface area contributed by atoms with Crippen LogP contribution < -0.4 is 5.32 Å². The monoisotopic (exact) mass is 329 g/mol. The van der Waals surface area contributed by atoms with E-state index < -0.39 is 6.10 Å². The van der Waals surface area contributed by atoms with Gasteiger partial charge < -0.3 is 14.4 Å². The highest BCUT2D eigenvalue weighted by atomic mass is 32.1. The molecule has 0 aliphatic heterocycles. The molecule has 2 N–H and O–H groups in total. The molecule has 2 heterocycles. The zero-order valence-electron chi connectivity index (χ0n) is 13.0. The predicted molar refractivity (Wildman–Crippen MR) is 92.2 cm³/mol. The van der Waals surface area contributed by atoms with Crippen molar-refractivity contribution in [3.05, 3.63) is 65.8 Å². The van der Waals surface area contributed by atoms with Crippen LogP contribution in [0.5, 0.6) is 0 Å². The summed E-state index contributed by atoms with van der Waals surface area (Å²) in [5.74, 6) is -0.131. The number of nitrogens with one attached hydrogen (secondary N) is 2. The molecule has 0 fully saturated rings. The van der Waals surface area contributed by atoms with Gasteiger partial charge in [0.2, 0.25) is 0 Å². The number of nitrogens with zero attached hydrogens (tertiary/aromatic N) is 1. The van der Waals surface area contributed by atoms with Crippen LogP contribution in [0, 0.1) is 0 Å². The number of carbonyl (C=O) groups is 1. The molecule has 5 nitrogen and oxygen atoms in total. The number of amides is 1. The Morgan fingerprint density at radius 3 is 2.35 bits per heavy atom. The summed E-state index contributed by atoms with van der Waals surface area (Å²) in [5.41, 5.74) is 3.26. The highest BCUT2D eigenvalue weighted by Crippen LogP contribution is 2.19. The highest BCUT2D eigenvalue weighted by molar-refractivity contribution is 7.05. The van der Waals surface area contributed by atoms with Gasteiger partial charge in [-0.15, -0.1) is 0 Å². The quantitative estimate of drug-likeness (QED) is 0.772. The van der Waals surface area contributed by atoms with E-state index in [2.05, 4.69) is 20.1 Å². The molecule has 2 aromatic heterocycles. The fourth-order valence-corrected chi connectivity index (χ4v) is 2.42. The van der Waals surface area contributed by atoms with Crippen molar-refractivity contribution < 1.29 is 9.53 Å². The minimum atomic E-state index is -0.508. The molecule has 1 aromatic carbocycles. The second kappa shape index (κ2) is 8.87. The van der Waals surface area contributed by atoms with Crippen molar-refractivity contribution >= 4 is 17.4 Å². The molecule has 0 aliphatic rings. The van der Waals surface area contributed by atoms with Gasteiger partial charge in [0.1, 0.15) is 0 Å². The van der Waals surface area contributed by atoms with Crippen molar-refractivity contribution in [3.8, 4) is 11.3 Å². The van der Waals surface area contributed by atoms with E-state index in [-0.39, 0.29) is 5.91 Å². The van der Waals surface area contributed by atoms with Crippen LogP contribution in [0.4, 0.5) is 0 Å². The summed E-state index contributed by atoms with van der Waals surface area (Å²) in [6, 6.07) is 13.4. The molecule has 0 aliphatic carbocycles. The Labute approximate surface area is 139 Å². The van der Waals surface area contributed by atoms with E-state index in [0.29, 0.717) is 0 Å². The van der Waals surface area contributed by atoms with Gasteiger partial charge in [0.25, 0.3) is 5.91 Å². The Hall–Kier alpha value is -2.44. The van der Waals surface area contributed by atoms with Crippen molar-refractivity contribution in [2.24, 2.45) is 0 Å². The molecule has 0 spiro atoms. The number of ether oxygens (including phenoxy) is 1. The van der Waals surface area contributed by atoms with Crippen molar-refractivity contribution in [3.63, 3.8) is 0 Å². The summed E-state index contributed by atoms with van der Waals surface area (Å²) in [4.78, 5) is 15.2. The zero-order chi connectivity index (χ0) is 16.5. The maximum Gasteiger partial charge on any atom is 0.253 e. The Balaban J connectivity index is 0.000000172. The molecule has 3 rings (SSSR count). The number of likely N-dealkylation sites (N-methyl/N-ethyl adjacent to an activating group) is 1. The van der Waals surface area contributed by atoms with Crippen molar-refractivity contribution in [1.82, 2.24) is 14.7 Å². The Kier molecular flexibility index (Phi) is 6.53. The lowest BCUT2D eigenvalue weighted by Crippen LogP contribution is -2.26. The maximum atomic E-state index is 11.3. The fraction of sp³-hybridized carbons (Fsp3) is 0.176. The molecule has 0 bridgehead atoms. The number of H-pyrrole nitrogens is 1. The number of methoxy groups -OCH3 is 1. The first-order valence-electron chi connectivity index (χ1n) is 7.08. The second-order valence-electron chi connectivity index (χ2n) is 4.63. The van der Waals surface area contributed by atoms with Crippen molar-refractivity contribution in [2.45, 2.75) is 6.10 Å². The Morgan fingerprint density at radius 2 is 1.87 bits per heavy atom. The van der Waals surface area contributed by atoms with Gasteiger partial charge in [0.15, 0.2) is 6.10 Å². The number of benzene rings is 1. The van der Waals surface area contributed by atoms with Crippen LogP contribution in [0.3, 0.4) is 0 Å². The van der Waals surface area contributed by atoms with Gasteiger partial charge in [-0.05, 0) is 17.7 Å². The molecule has 1 atom stereocenters. The molecule has 0 unspecified atom stereocenters. The van der Waals surface area contributed by atoms with E-state index in [4.69, 9.17) is 4.74 Å². The smallest absolute Gasteiger partial charge is 0.253 e. The Bertz CT molecular complexity index is 686. The molecule has 3 aromatic rings. The molecule has 0 saturated heterocycles. The van der Waals surface area contributed by atoms with E-state index in [0.717, 1.165) is 5.56 Å². The number of pyridine rings is 1. The second-order valence-corrected chi connectivity index (χ2v) is 5.30. The van der Waals surface area contributed by atoms with Crippen LogP contribution >= 0.6 is 11.5 Å². The van der Waals surface area contributed by atoms with Gasteiger partial charge >= 0.3 is 0 Å². The predicted octanol–water partition coefficient (Wildman–Crippen LogP) is 3.26. The number of aromatic amines is 1. The van der Waals surface area contributed by atoms with Gasteiger partial charge in [0.05, 0.1) is 5.69 Å². The average Bonchev–Trinajstić information content (AvgIpc) is 2.56. The molecule has 1 amide bonds. The minimum Gasteiger partial charge on any atom is -0.367 e. The fourth-order valence-electron chi connectivity index (χ4n) is 1.93. The standard InChI is InChI=1S/C10H13NO2.C7H6N2S/c1-11-10(12)9(13-2)8-6-4-3-5-7-8;1-3-8-4-2-6(1)7-5-10-9-7/h3-7,9H,1-2H3,(H,11,12);1-5,9H/t9-;/m1./s1. The average molecular weight is 329 g/mol. The van der Waals surface area contributed by atoms with Crippen LogP contribution in [0.25, 0.3) is 11.3 Å². The topological polar surface area (TPSA) is 67.0 Å². The lowest BCUT2D eigenvalue weighted by atomic mass is 10.1. The van der Waals surface area contributed by atoms with Gasteiger partial charge in [0, 0.05) is 37.5 Å². The van der Waals surface area contributed by atoms with Gasteiger partial charge in [-0.2, -0.15) is 0 Å². The van der Waals surface area contributed by atoms with E-state index in [1.165, 1.54) is 18.4 Å². The third kappa shape index (κ3) is 4.77. The first-order chi connectivity index (χ1) is 11.3. The van der Waals surface area contributed by atoms with Crippen molar-refractivity contribution in [1.29, 1.82) is 0 Å². The maximum absolute atomic E-state index is 11.3. The molecular weight excluding hydrogens is 310 g/mol. The van der Waals surface area contributed by atoms with E-state index in [1.54, 1.807) is 31.0 Å². The third-order valence-electron chi connectivity index (χ3n) is 3.16. The highest BCUT2D eigenvalue weighted by Gasteiger charge is 2.17. The normalized spacial score (nSPS) is 11.2. The Morgan fingerprint density at radius 1 is 1.22 bits per heavy atom. The number of hydrogen-bond donors (Lipinski definition) is 2. The van der Waals surface area contributed by atoms with E-state index in [1.807, 2.05) is 42.5 Å². The molecule has 0 saturated carbocycles. The summed E-state index contributed by atoms with van der Waals surface area (Å²) in [7, 11) is 3.12. The lowest BCUT2D eigenvalue weighted by Gasteiger charge is -2.13. The molecule has 120 valence electrons. The van der Waals surface area contributed by atoms with Crippen LogP contribution in [-0.4, -0.2) is 29.4 Å². The summed E-state index contributed by atoms with van der Waals surface area (Å²) in [6.07, 6.45) is 3.08. The molecule has 6 heteroatoms. The first-order valence-corrected chi connectivity index (χ1v) is 7.95. The van der Waals surface area contributed by atoms with Crippen LogP contribution in [0.1, 0.15) is 11.7 Å². The largest absolute Gasteiger partial charge is 0.367 e. The number of hydrogen-bond acceptors (Lipinski definition) is 4. The molecule has 23 heavy (non-hydrogen) atoms. The van der Waals surface area contributed by atoms with E-state index in [9.17, 15) is 4.79 Å². The summed E-state index contributed by atoms with van der Waals surface area (Å²) >= 11 is 1.61. The third-order valence-corrected chi connectivity index (χ3v) is 3.85. The molecular formula is C17H19N3O2S. The summed E-state index contributed by atoms with van der Waals surface area (Å²) < 4.78 is 8.19. The number of aromatic nitrogens is 2. The van der Waals surface area contributed by atoms with Crippen LogP contribution in [0.2, 0.25) is 0 Å². The van der Waals surface area contributed by atoms with Gasteiger partial charge in [-0.1, -0.05) is 41.9 Å². The van der Waals surface area contributed by atoms with Crippen molar-refractivity contribution in [2.75, 3.05) is 14.2 Å². The van der Waals surface area contributed by atoms with E-state index >= 15 is 0 Å². The number of rotatable bonds is 4. The first kappa shape index (κ1) is 16.9. The summed E-state index contributed by atoms with van der Waals surface area (Å²) in [5, 5.41) is 4.63. The SMILES string of the molecule is CNC(=O)[C@H](OC)c1ccccc1.c1cc(-c2cs[nH]2)ccn1. The van der Waals surface area contributed by atoms with Crippen LogP contribution in [0.15, 0.2) is 60.2 Å². The van der Waals surface area contributed by atoms with Gasteiger partial charge in [-0.3, -0.25) is 9.78 Å². The number of carbonyl (C=O) groups excluding carboxylic acids is 1. The zero-order valence-corrected chi connectivity index (χ0v) is 13.8.